The minimum Gasteiger partial charge on any atom is -0.493 e. The average molecular weight is 519 g/mol. The van der Waals surface area contributed by atoms with E-state index in [-0.39, 0.29) is 11.9 Å². The summed E-state index contributed by atoms with van der Waals surface area (Å²) in [6, 6.07) is 12.1. The molecule has 0 aliphatic rings. The Hall–Kier alpha value is -3.65. The second-order valence-electron chi connectivity index (χ2n) is 9.13. The van der Waals surface area contributed by atoms with Crippen LogP contribution in [0.2, 0.25) is 0 Å². The van der Waals surface area contributed by atoms with Crippen LogP contribution in [0.15, 0.2) is 48.0 Å². The lowest BCUT2D eigenvalue weighted by atomic mass is 10.1. The second kappa shape index (κ2) is 11.6. The van der Waals surface area contributed by atoms with E-state index in [1.165, 1.54) is 0 Å². The number of carbonyl (C=O) groups is 1. The SMILES string of the molecule is CCC(C)NC(=O)c1cc(-c2csc(-c3ccc(C)nc3)n2)n(CCc2ccc(OC)c(OC)c2)c1C. The van der Waals surface area contributed by atoms with Crippen molar-refractivity contribution in [3.8, 4) is 33.5 Å². The molecule has 1 amide bonds. The lowest BCUT2D eigenvalue weighted by molar-refractivity contribution is 0.0938. The van der Waals surface area contributed by atoms with E-state index in [1.54, 1.807) is 25.6 Å². The number of nitrogens with one attached hydrogen (secondary N) is 1. The number of hydrogen-bond acceptors (Lipinski definition) is 6. The van der Waals surface area contributed by atoms with Gasteiger partial charge in [0.25, 0.3) is 5.91 Å². The van der Waals surface area contributed by atoms with Gasteiger partial charge in [0.15, 0.2) is 11.5 Å². The number of aromatic nitrogens is 3. The molecule has 37 heavy (non-hydrogen) atoms. The van der Waals surface area contributed by atoms with Gasteiger partial charge in [0, 0.05) is 41.1 Å². The van der Waals surface area contributed by atoms with Crippen molar-refractivity contribution in [2.75, 3.05) is 14.2 Å². The first-order chi connectivity index (χ1) is 17.8. The van der Waals surface area contributed by atoms with Crippen molar-refractivity contribution in [2.24, 2.45) is 0 Å². The van der Waals surface area contributed by atoms with Crippen molar-refractivity contribution >= 4 is 17.2 Å². The first-order valence-corrected chi connectivity index (χ1v) is 13.3. The van der Waals surface area contributed by atoms with Crippen LogP contribution in [0.25, 0.3) is 22.0 Å². The Morgan fingerprint density at radius 1 is 1.11 bits per heavy atom. The molecule has 0 fully saturated rings. The van der Waals surface area contributed by atoms with E-state index < -0.39 is 0 Å². The number of methoxy groups -OCH3 is 2. The van der Waals surface area contributed by atoms with Crippen LogP contribution in [0.1, 0.15) is 47.6 Å². The summed E-state index contributed by atoms with van der Waals surface area (Å²) in [5, 5.41) is 6.06. The topological polar surface area (TPSA) is 78.3 Å². The third kappa shape index (κ3) is 5.85. The fourth-order valence-electron chi connectivity index (χ4n) is 4.17. The van der Waals surface area contributed by atoms with Gasteiger partial charge in [0.1, 0.15) is 5.01 Å². The van der Waals surface area contributed by atoms with Gasteiger partial charge in [-0.2, -0.15) is 0 Å². The lowest BCUT2D eigenvalue weighted by Crippen LogP contribution is -2.32. The summed E-state index contributed by atoms with van der Waals surface area (Å²) in [7, 11) is 3.27. The minimum atomic E-state index is -0.0591. The van der Waals surface area contributed by atoms with Crippen LogP contribution in [0.4, 0.5) is 0 Å². The first kappa shape index (κ1) is 26.4. The highest BCUT2D eigenvalue weighted by Crippen LogP contribution is 2.32. The fourth-order valence-corrected chi connectivity index (χ4v) is 4.98. The first-order valence-electron chi connectivity index (χ1n) is 12.4. The van der Waals surface area contributed by atoms with Gasteiger partial charge in [-0.3, -0.25) is 9.78 Å². The molecule has 0 aliphatic heterocycles. The largest absolute Gasteiger partial charge is 0.493 e. The maximum Gasteiger partial charge on any atom is 0.253 e. The normalized spacial score (nSPS) is 11.8. The van der Waals surface area contributed by atoms with Crippen LogP contribution in [-0.4, -0.2) is 40.7 Å². The summed E-state index contributed by atoms with van der Waals surface area (Å²) in [6.45, 7) is 8.74. The Bertz CT molecular complexity index is 1370. The molecule has 7 nitrogen and oxygen atoms in total. The summed E-state index contributed by atoms with van der Waals surface area (Å²) in [6.07, 6.45) is 3.48. The number of ether oxygens (including phenoxy) is 2. The number of amides is 1. The Balaban J connectivity index is 1.69. The zero-order valence-corrected chi connectivity index (χ0v) is 23.1. The maximum atomic E-state index is 13.1. The van der Waals surface area contributed by atoms with E-state index >= 15 is 0 Å². The molecule has 0 saturated carbocycles. The van der Waals surface area contributed by atoms with Crippen molar-refractivity contribution < 1.29 is 14.3 Å². The van der Waals surface area contributed by atoms with Crippen molar-refractivity contribution in [2.45, 2.75) is 53.1 Å². The molecule has 3 aromatic heterocycles. The third-order valence-electron chi connectivity index (χ3n) is 6.60. The minimum absolute atomic E-state index is 0.0591. The Morgan fingerprint density at radius 2 is 1.89 bits per heavy atom. The quantitative estimate of drug-likeness (QED) is 0.275. The molecule has 0 saturated heterocycles. The molecule has 194 valence electrons. The van der Waals surface area contributed by atoms with Gasteiger partial charge < -0.3 is 19.4 Å². The number of hydrogen-bond donors (Lipinski definition) is 1. The van der Waals surface area contributed by atoms with Crippen LogP contribution in [0.5, 0.6) is 11.5 Å². The molecule has 4 rings (SSSR count). The molecule has 8 heteroatoms. The number of nitrogens with zero attached hydrogens (tertiary/aromatic N) is 3. The van der Waals surface area contributed by atoms with Crippen LogP contribution in [0.3, 0.4) is 0 Å². The van der Waals surface area contributed by atoms with E-state index in [2.05, 4.69) is 21.8 Å². The fraction of sp³-hybridized carbons (Fsp3) is 0.345. The van der Waals surface area contributed by atoms with Crippen molar-refractivity contribution in [3.05, 3.63) is 70.5 Å². The predicted molar refractivity (Wildman–Crippen MR) is 149 cm³/mol. The zero-order valence-electron chi connectivity index (χ0n) is 22.3. The molecule has 0 aliphatic carbocycles. The van der Waals surface area contributed by atoms with Crippen LogP contribution in [0, 0.1) is 13.8 Å². The molecule has 0 bridgehead atoms. The van der Waals surface area contributed by atoms with E-state index in [0.29, 0.717) is 23.6 Å². The summed E-state index contributed by atoms with van der Waals surface area (Å²) >= 11 is 1.58. The zero-order chi connectivity index (χ0) is 26.5. The molecule has 1 N–H and O–H groups in total. The smallest absolute Gasteiger partial charge is 0.253 e. The Labute approximate surface area is 222 Å². The van der Waals surface area contributed by atoms with Gasteiger partial charge in [-0.25, -0.2) is 4.98 Å². The second-order valence-corrected chi connectivity index (χ2v) is 9.99. The number of rotatable bonds is 10. The van der Waals surface area contributed by atoms with E-state index in [1.807, 2.05) is 68.7 Å². The highest BCUT2D eigenvalue weighted by atomic mass is 32.1. The van der Waals surface area contributed by atoms with Gasteiger partial charge in [-0.05, 0) is 69.5 Å². The number of aryl methyl sites for hydroxylation is 2. The molecule has 3 heterocycles. The molecule has 4 aromatic rings. The molecule has 0 radical (unpaired) electrons. The van der Waals surface area contributed by atoms with Crippen LogP contribution < -0.4 is 14.8 Å². The number of pyridine rings is 1. The molecule has 0 spiro atoms. The molecule has 1 aromatic carbocycles. The average Bonchev–Trinajstić information content (AvgIpc) is 3.52. The van der Waals surface area contributed by atoms with Gasteiger partial charge >= 0.3 is 0 Å². The highest BCUT2D eigenvalue weighted by molar-refractivity contribution is 7.13. The monoisotopic (exact) mass is 518 g/mol. The van der Waals surface area contributed by atoms with Crippen molar-refractivity contribution in [1.29, 1.82) is 0 Å². The molecule has 1 unspecified atom stereocenters. The molecule has 1 atom stereocenters. The van der Waals surface area contributed by atoms with E-state index in [0.717, 1.165) is 51.8 Å². The molecular weight excluding hydrogens is 484 g/mol. The predicted octanol–water partition coefficient (Wildman–Crippen LogP) is 6.08. The van der Waals surface area contributed by atoms with E-state index in [9.17, 15) is 4.79 Å². The van der Waals surface area contributed by atoms with Gasteiger partial charge in [0.05, 0.1) is 31.2 Å². The maximum absolute atomic E-state index is 13.1. The van der Waals surface area contributed by atoms with Gasteiger partial charge in [0.2, 0.25) is 0 Å². The number of carbonyl (C=O) groups excluding carboxylic acids is 1. The standard InChI is InChI=1S/C29H34N4O3S/c1-7-18(2)31-28(34)23-15-25(24-17-37-29(32-24)22-10-8-19(3)30-16-22)33(20(23)4)13-12-21-9-11-26(35-5)27(14-21)36-6/h8-11,14-18H,7,12-13H2,1-6H3,(H,31,34). The van der Waals surface area contributed by atoms with Crippen LogP contribution in [-0.2, 0) is 13.0 Å². The summed E-state index contributed by atoms with van der Waals surface area (Å²) in [5.41, 5.74) is 6.44. The summed E-state index contributed by atoms with van der Waals surface area (Å²) < 4.78 is 13.1. The van der Waals surface area contributed by atoms with E-state index in [4.69, 9.17) is 14.5 Å². The summed E-state index contributed by atoms with van der Waals surface area (Å²) in [5.74, 6) is 1.35. The number of thiazole rings is 1. The van der Waals surface area contributed by atoms with Crippen molar-refractivity contribution in [1.82, 2.24) is 19.9 Å². The van der Waals surface area contributed by atoms with Crippen LogP contribution >= 0.6 is 11.3 Å². The van der Waals surface area contributed by atoms with Crippen molar-refractivity contribution in [3.63, 3.8) is 0 Å². The lowest BCUT2D eigenvalue weighted by Gasteiger charge is -2.14. The summed E-state index contributed by atoms with van der Waals surface area (Å²) in [4.78, 5) is 22.5. The highest BCUT2D eigenvalue weighted by Gasteiger charge is 2.21. The number of benzene rings is 1. The Kier molecular flexibility index (Phi) is 8.28. The van der Waals surface area contributed by atoms with Gasteiger partial charge in [-0.15, -0.1) is 11.3 Å². The Morgan fingerprint density at radius 3 is 2.57 bits per heavy atom. The third-order valence-corrected chi connectivity index (χ3v) is 7.49. The van der Waals surface area contributed by atoms with Gasteiger partial charge in [-0.1, -0.05) is 13.0 Å². The molecular formula is C29H34N4O3S.